The first-order valence-electron chi connectivity index (χ1n) is 6.46. The first-order chi connectivity index (χ1) is 8.99. The predicted octanol–water partition coefficient (Wildman–Crippen LogP) is 2.62. The second kappa shape index (κ2) is 5.43. The fourth-order valence-electron chi connectivity index (χ4n) is 2.53. The van der Waals surface area contributed by atoms with Crippen molar-refractivity contribution in [2.24, 2.45) is 5.92 Å². The summed E-state index contributed by atoms with van der Waals surface area (Å²) < 4.78 is 5.25. The molecule has 1 aliphatic carbocycles. The van der Waals surface area contributed by atoms with Gasteiger partial charge in [0.25, 0.3) is 0 Å². The lowest BCUT2D eigenvalue weighted by Crippen LogP contribution is -2.20. The van der Waals surface area contributed by atoms with Crippen LogP contribution in [0.4, 0.5) is 0 Å². The predicted molar refractivity (Wildman–Crippen MR) is 70.5 cm³/mol. The Bertz CT molecular complexity index is 484. The van der Waals surface area contributed by atoms with Gasteiger partial charge in [-0.2, -0.15) is 0 Å². The third-order valence-electron chi connectivity index (χ3n) is 3.76. The molecule has 4 heteroatoms. The Kier molecular flexibility index (Phi) is 3.88. The second-order valence-electron chi connectivity index (χ2n) is 5.14. The number of rotatable bonds is 1. The van der Waals surface area contributed by atoms with Gasteiger partial charge in [0, 0.05) is 23.5 Å². The lowest BCUT2D eigenvalue weighted by Gasteiger charge is -2.18. The van der Waals surface area contributed by atoms with E-state index in [1.807, 2.05) is 6.92 Å². The zero-order chi connectivity index (χ0) is 14.0. The summed E-state index contributed by atoms with van der Waals surface area (Å²) in [6, 6.07) is 0. The number of allylic oxidation sites excluding steroid dienone is 3. The molecule has 19 heavy (non-hydrogen) atoms. The van der Waals surface area contributed by atoms with Gasteiger partial charge in [-0.05, 0) is 26.2 Å². The average molecular weight is 262 g/mol. The number of aliphatic carboxylic acids is 1. The van der Waals surface area contributed by atoms with Gasteiger partial charge in [0.1, 0.15) is 6.10 Å². The molecule has 0 amide bonds. The molecule has 1 saturated heterocycles. The van der Waals surface area contributed by atoms with E-state index in [1.165, 1.54) is 5.57 Å². The lowest BCUT2D eigenvalue weighted by atomic mass is 9.87. The maximum absolute atomic E-state index is 11.6. The molecule has 0 radical (unpaired) electrons. The van der Waals surface area contributed by atoms with Crippen LogP contribution < -0.4 is 0 Å². The molecule has 1 N–H and O–H groups in total. The molecule has 1 fully saturated rings. The van der Waals surface area contributed by atoms with Gasteiger partial charge in [-0.15, -0.1) is 0 Å². The molecule has 102 valence electrons. The van der Waals surface area contributed by atoms with Gasteiger partial charge in [0.2, 0.25) is 0 Å². The quantitative estimate of drug-likeness (QED) is 0.448. The third kappa shape index (κ3) is 2.95. The van der Waals surface area contributed by atoms with E-state index in [1.54, 1.807) is 6.08 Å². The third-order valence-corrected chi connectivity index (χ3v) is 3.76. The molecular formula is C15H18O4. The van der Waals surface area contributed by atoms with Gasteiger partial charge in [-0.25, -0.2) is 9.59 Å². The van der Waals surface area contributed by atoms with E-state index in [2.05, 4.69) is 12.7 Å². The SMILES string of the molecule is C=C1C(=O)O[C@@H]2C/C(C(=O)O)=C\CC/C(C)=C/C[C@H]12. The van der Waals surface area contributed by atoms with Crippen molar-refractivity contribution in [3.05, 3.63) is 35.5 Å². The first kappa shape index (κ1) is 13.6. The van der Waals surface area contributed by atoms with Crippen molar-refractivity contribution in [3.63, 3.8) is 0 Å². The van der Waals surface area contributed by atoms with Crippen molar-refractivity contribution in [3.8, 4) is 0 Å². The van der Waals surface area contributed by atoms with E-state index < -0.39 is 18.0 Å². The normalized spacial score (nSPS) is 33.5. The fourth-order valence-corrected chi connectivity index (χ4v) is 2.53. The van der Waals surface area contributed by atoms with Gasteiger partial charge >= 0.3 is 11.9 Å². The monoisotopic (exact) mass is 262 g/mol. The van der Waals surface area contributed by atoms with Crippen LogP contribution in [0.25, 0.3) is 0 Å². The van der Waals surface area contributed by atoms with Crippen LogP contribution in [-0.2, 0) is 14.3 Å². The van der Waals surface area contributed by atoms with Crippen molar-refractivity contribution >= 4 is 11.9 Å². The molecule has 0 aromatic rings. The van der Waals surface area contributed by atoms with Gasteiger partial charge in [0.15, 0.2) is 0 Å². The van der Waals surface area contributed by atoms with Crippen LogP contribution in [0.5, 0.6) is 0 Å². The Morgan fingerprint density at radius 3 is 2.89 bits per heavy atom. The minimum atomic E-state index is -0.936. The van der Waals surface area contributed by atoms with E-state index in [0.29, 0.717) is 24.0 Å². The number of fused-ring (bicyclic) bond motifs is 1. The minimum absolute atomic E-state index is 0.108. The van der Waals surface area contributed by atoms with E-state index in [0.717, 1.165) is 6.42 Å². The molecule has 0 unspecified atom stereocenters. The number of carboxylic acid groups (broad SMARTS) is 1. The lowest BCUT2D eigenvalue weighted by molar-refractivity contribution is -0.140. The second-order valence-corrected chi connectivity index (χ2v) is 5.14. The molecule has 1 heterocycles. The zero-order valence-electron chi connectivity index (χ0n) is 11.0. The highest BCUT2D eigenvalue weighted by Gasteiger charge is 2.38. The van der Waals surface area contributed by atoms with Crippen molar-refractivity contribution in [1.29, 1.82) is 0 Å². The summed E-state index contributed by atoms with van der Waals surface area (Å²) >= 11 is 0. The van der Waals surface area contributed by atoms with Crippen LogP contribution in [0, 0.1) is 5.92 Å². The number of ether oxygens (including phenoxy) is 1. The summed E-state index contributed by atoms with van der Waals surface area (Å²) in [4.78, 5) is 22.8. The molecule has 0 saturated carbocycles. The summed E-state index contributed by atoms with van der Waals surface area (Å²) in [5.41, 5.74) is 1.99. The summed E-state index contributed by atoms with van der Waals surface area (Å²) in [7, 11) is 0. The molecule has 0 aromatic carbocycles. The van der Waals surface area contributed by atoms with Crippen molar-refractivity contribution in [2.75, 3.05) is 0 Å². The molecule has 2 atom stereocenters. The number of hydrogen-bond acceptors (Lipinski definition) is 3. The number of carboxylic acids is 1. The van der Waals surface area contributed by atoms with E-state index >= 15 is 0 Å². The van der Waals surface area contributed by atoms with Crippen LogP contribution in [0.15, 0.2) is 35.5 Å². The average Bonchev–Trinajstić information content (AvgIpc) is 2.61. The van der Waals surface area contributed by atoms with Crippen LogP contribution in [0.1, 0.15) is 32.6 Å². The largest absolute Gasteiger partial charge is 0.478 e. The molecule has 0 bridgehead atoms. The summed E-state index contributed by atoms with van der Waals surface area (Å²) in [6.07, 6.45) is 5.93. The molecule has 2 aliphatic rings. The first-order valence-corrected chi connectivity index (χ1v) is 6.46. The topological polar surface area (TPSA) is 63.6 Å². The Labute approximate surface area is 112 Å². The van der Waals surface area contributed by atoms with Crippen molar-refractivity contribution < 1.29 is 19.4 Å². The molecule has 2 rings (SSSR count). The highest BCUT2D eigenvalue weighted by Crippen LogP contribution is 2.34. The van der Waals surface area contributed by atoms with Crippen LogP contribution in [0.3, 0.4) is 0 Å². The molecule has 0 spiro atoms. The Hall–Kier alpha value is -1.84. The highest BCUT2D eigenvalue weighted by atomic mass is 16.6. The number of carbonyl (C=O) groups is 2. The summed E-state index contributed by atoms with van der Waals surface area (Å²) in [5, 5.41) is 9.19. The summed E-state index contributed by atoms with van der Waals surface area (Å²) in [6.45, 7) is 5.79. The van der Waals surface area contributed by atoms with Gasteiger partial charge < -0.3 is 9.84 Å². The summed E-state index contributed by atoms with van der Waals surface area (Å²) in [5.74, 6) is -1.44. The van der Waals surface area contributed by atoms with Gasteiger partial charge in [0.05, 0.1) is 0 Å². The molecule has 1 aliphatic heterocycles. The number of hydrogen-bond donors (Lipinski definition) is 1. The number of esters is 1. The Morgan fingerprint density at radius 1 is 1.47 bits per heavy atom. The number of carbonyl (C=O) groups excluding carboxylic acids is 1. The van der Waals surface area contributed by atoms with Crippen molar-refractivity contribution in [2.45, 2.75) is 38.7 Å². The van der Waals surface area contributed by atoms with Gasteiger partial charge in [-0.3, -0.25) is 0 Å². The van der Waals surface area contributed by atoms with Gasteiger partial charge in [-0.1, -0.05) is 24.3 Å². The zero-order valence-corrected chi connectivity index (χ0v) is 11.0. The van der Waals surface area contributed by atoms with E-state index in [4.69, 9.17) is 4.74 Å². The van der Waals surface area contributed by atoms with Crippen LogP contribution >= 0.6 is 0 Å². The van der Waals surface area contributed by atoms with E-state index in [-0.39, 0.29) is 12.3 Å². The Morgan fingerprint density at radius 2 is 2.21 bits per heavy atom. The highest BCUT2D eigenvalue weighted by molar-refractivity contribution is 5.91. The van der Waals surface area contributed by atoms with E-state index in [9.17, 15) is 14.7 Å². The Balaban J connectivity index is 2.29. The standard InChI is InChI=1S/C15H18O4/c1-9-4-3-5-11(14(16)17)8-13-12(7-6-9)10(2)15(18)19-13/h5-6,12-13H,2-4,7-8H2,1H3,(H,16,17)/b9-6+,11-5+/t12-,13-/m1/s1. The molecular weight excluding hydrogens is 244 g/mol. The smallest absolute Gasteiger partial charge is 0.334 e. The minimum Gasteiger partial charge on any atom is -0.478 e. The molecule has 0 aromatic heterocycles. The maximum atomic E-state index is 11.6. The molecule has 4 nitrogen and oxygen atoms in total. The fraction of sp³-hybridized carbons (Fsp3) is 0.467. The van der Waals surface area contributed by atoms with Crippen molar-refractivity contribution in [1.82, 2.24) is 0 Å². The van der Waals surface area contributed by atoms with Crippen LogP contribution in [-0.4, -0.2) is 23.1 Å². The van der Waals surface area contributed by atoms with Crippen LogP contribution in [0.2, 0.25) is 0 Å². The maximum Gasteiger partial charge on any atom is 0.334 e.